The number of carbonyl (C=O) groups is 3. The van der Waals surface area contributed by atoms with Gasteiger partial charge in [-0.2, -0.15) is 0 Å². The van der Waals surface area contributed by atoms with Crippen molar-refractivity contribution < 1.29 is 28.8 Å². The molecule has 1 rings (SSSR count). The van der Waals surface area contributed by atoms with Gasteiger partial charge in [-0.1, -0.05) is 32.6 Å². The lowest BCUT2D eigenvalue weighted by molar-refractivity contribution is -0.384. The number of nitrogens with zero attached hydrogens (tertiary/aromatic N) is 1. The van der Waals surface area contributed by atoms with Crippen molar-refractivity contribution in [1.82, 2.24) is 0 Å². The van der Waals surface area contributed by atoms with E-state index in [4.69, 9.17) is 4.74 Å². The van der Waals surface area contributed by atoms with Crippen LogP contribution in [0.4, 0.5) is 10.5 Å². The van der Waals surface area contributed by atoms with Gasteiger partial charge >= 0.3 is 12.1 Å². The number of carbonyl (C=O) groups excluding carboxylic acids is 3. The highest BCUT2D eigenvalue weighted by atomic mass is 16.7. The maximum Gasteiger partial charge on any atom is 0.521 e. The van der Waals surface area contributed by atoms with Gasteiger partial charge < -0.3 is 9.47 Å². The minimum atomic E-state index is -1.29. The van der Waals surface area contributed by atoms with Crippen LogP contribution in [-0.4, -0.2) is 22.8 Å². The van der Waals surface area contributed by atoms with E-state index in [1.807, 2.05) is 0 Å². The molecular weight excluding hydrogens is 342 g/mol. The maximum atomic E-state index is 11.9. The lowest BCUT2D eigenvalue weighted by Crippen LogP contribution is -2.27. The van der Waals surface area contributed by atoms with Crippen molar-refractivity contribution in [3.05, 3.63) is 34.4 Å². The Labute approximate surface area is 151 Å². The van der Waals surface area contributed by atoms with Crippen LogP contribution in [0.5, 0.6) is 5.75 Å². The van der Waals surface area contributed by atoms with Crippen molar-refractivity contribution in [3.63, 3.8) is 0 Å². The molecule has 1 aromatic rings. The molecule has 0 N–H and O–H groups in total. The van der Waals surface area contributed by atoms with Crippen molar-refractivity contribution >= 4 is 23.6 Å². The van der Waals surface area contributed by atoms with Crippen LogP contribution in [0.25, 0.3) is 0 Å². The molecule has 1 unspecified atom stereocenters. The van der Waals surface area contributed by atoms with Gasteiger partial charge in [-0.3, -0.25) is 19.7 Å². The molecule has 0 amide bonds. The molecule has 142 valence electrons. The van der Waals surface area contributed by atoms with Crippen molar-refractivity contribution in [2.24, 2.45) is 5.92 Å². The lowest BCUT2D eigenvalue weighted by atomic mass is 10.0. The molecule has 0 aromatic heterocycles. The predicted molar refractivity (Wildman–Crippen MR) is 92.8 cm³/mol. The molecule has 0 heterocycles. The molecule has 1 aromatic carbocycles. The van der Waals surface area contributed by atoms with E-state index in [0.717, 1.165) is 37.8 Å². The van der Waals surface area contributed by atoms with E-state index in [1.165, 1.54) is 19.1 Å². The molecule has 0 spiro atoms. The number of hydrogen-bond donors (Lipinski definition) is 0. The average Bonchev–Trinajstić information content (AvgIpc) is 2.60. The Balaban J connectivity index is 2.41. The van der Waals surface area contributed by atoms with E-state index in [-0.39, 0.29) is 23.6 Å². The van der Waals surface area contributed by atoms with Gasteiger partial charge in [0.1, 0.15) is 17.5 Å². The van der Waals surface area contributed by atoms with Crippen molar-refractivity contribution in [2.75, 3.05) is 0 Å². The monoisotopic (exact) mass is 365 g/mol. The quantitative estimate of drug-likeness (QED) is 0.152. The summed E-state index contributed by atoms with van der Waals surface area (Å²) in [5.74, 6) is -2.32. The Kier molecular flexibility index (Phi) is 8.97. The molecule has 0 aliphatic rings. The number of ketones is 1. The summed E-state index contributed by atoms with van der Waals surface area (Å²) in [4.78, 5) is 45.3. The van der Waals surface area contributed by atoms with Gasteiger partial charge in [0.25, 0.3) is 5.69 Å². The first-order valence-electron chi connectivity index (χ1n) is 8.55. The van der Waals surface area contributed by atoms with Gasteiger partial charge in [-0.05, 0) is 25.5 Å². The highest BCUT2D eigenvalue weighted by Gasteiger charge is 2.25. The normalized spacial score (nSPS) is 11.5. The number of rotatable bonds is 10. The molecule has 0 radical (unpaired) electrons. The Morgan fingerprint density at radius 1 is 1.08 bits per heavy atom. The fraction of sp³-hybridized carbons (Fsp3) is 0.500. The second-order valence-electron chi connectivity index (χ2n) is 5.88. The molecule has 0 fully saturated rings. The number of benzene rings is 1. The number of ether oxygens (including phenoxy) is 2. The highest BCUT2D eigenvalue weighted by molar-refractivity contribution is 6.01. The van der Waals surface area contributed by atoms with Gasteiger partial charge in [0, 0.05) is 18.6 Å². The van der Waals surface area contributed by atoms with Crippen LogP contribution >= 0.6 is 0 Å². The Bertz CT molecular complexity index is 639. The first-order valence-corrected chi connectivity index (χ1v) is 8.55. The molecule has 0 saturated heterocycles. The number of nitro groups is 1. The van der Waals surface area contributed by atoms with Gasteiger partial charge in [0.2, 0.25) is 0 Å². The number of nitro benzene ring substituents is 1. The minimum absolute atomic E-state index is 0.0108. The molecule has 0 aliphatic heterocycles. The van der Waals surface area contributed by atoms with Gasteiger partial charge in [0.05, 0.1) is 4.92 Å². The topological polar surface area (TPSA) is 113 Å². The van der Waals surface area contributed by atoms with E-state index in [2.05, 4.69) is 11.7 Å². The summed E-state index contributed by atoms with van der Waals surface area (Å²) in [5.41, 5.74) is -0.167. The Morgan fingerprint density at radius 3 is 2.27 bits per heavy atom. The van der Waals surface area contributed by atoms with E-state index in [1.54, 1.807) is 0 Å². The van der Waals surface area contributed by atoms with Gasteiger partial charge in [0.15, 0.2) is 0 Å². The fourth-order valence-electron chi connectivity index (χ4n) is 2.17. The van der Waals surface area contributed by atoms with Crippen LogP contribution in [0.1, 0.15) is 52.4 Å². The summed E-state index contributed by atoms with van der Waals surface area (Å²) < 4.78 is 9.26. The number of esters is 1. The molecule has 26 heavy (non-hydrogen) atoms. The van der Waals surface area contributed by atoms with Crippen molar-refractivity contribution in [2.45, 2.75) is 52.4 Å². The van der Waals surface area contributed by atoms with Crippen molar-refractivity contribution in [1.29, 1.82) is 0 Å². The van der Waals surface area contributed by atoms with Crippen LogP contribution in [0.15, 0.2) is 24.3 Å². The molecule has 0 saturated carbocycles. The first-order chi connectivity index (χ1) is 12.3. The van der Waals surface area contributed by atoms with E-state index in [9.17, 15) is 24.5 Å². The standard InChI is InChI=1S/C18H23NO7/c1-3-4-5-6-7-8-16(20)13(2)17(21)26-18(22)25-15-11-9-14(10-12-15)19(23)24/h9-13H,3-8H2,1-2H3. The fourth-order valence-corrected chi connectivity index (χ4v) is 2.17. The molecule has 1 atom stereocenters. The molecule has 8 nitrogen and oxygen atoms in total. The summed E-state index contributed by atoms with van der Waals surface area (Å²) in [6, 6.07) is 4.70. The van der Waals surface area contributed by atoms with Gasteiger partial charge in [-0.25, -0.2) is 4.79 Å². The summed E-state index contributed by atoms with van der Waals surface area (Å²) in [7, 11) is 0. The SMILES string of the molecule is CCCCCCCC(=O)C(C)C(=O)OC(=O)Oc1ccc([N+](=O)[O-])cc1. The Hall–Kier alpha value is -2.77. The van der Waals surface area contributed by atoms with Crippen LogP contribution in [0.3, 0.4) is 0 Å². The second-order valence-corrected chi connectivity index (χ2v) is 5.88. The van der Waals surface area contributed by atoms with Gasteiger partial charge in [-0.15, -0.1) is 0 Å². The minimum Gasteiger partial charge on any atom is -0.395 e. The summed E-state index contributed by atoms with van der Waals surface area (Å²) in [6.45, 7) is 3.48. The molecule has 0 aliphatic carbocycles. The van der Waals surface area contributed by atoms with E-state index >= 15 is 0 Å². The zero-order valence-electron chi connectivity index (χ0n) is 14.9. The Morgan fingerprint density at radius 2 is 1.69 bits per heavy atom. The third-order valence-corrected chi connectivity index (χ3v) is 3.80. The molecule has 0 bridgehead atoms. The third-order valence-electron chi connectivity index (χ3n) is 3.80. The smallest absolute Gasteiger partial charge is 0.395 e. The van der Waals surface area contributed by atoms with E-state index in [0.29, 0.717) is 6.42 Å². The van der Waals surface area contributed by atoms with Crippen molar-refractivity contribution in [3.8, 4) is 5.75 Å². The predicted octanol–water partition coefficient (Wildman–Crippen LogP) is 4.20. The highest BCUT2D eigenvalue weighted by Crippen LogP contribution is 2.18. The van der Waals surface area contributed by atoms with Crippen LogP contribution in [0, 0.1) is 16.0 Å². The second kappa shape index (κ2) is 11.0. The van der Waals surface area contributed by atoms with Crippen LogP contribution in [0.2, 0.25) is 0 Å². The summed E-state index contributed by atoms with van der Waals surface area (Å²) in [6.07, 6.45) is 3.86. The number of unbranched alkanes of at least 4 members (excludes halogenated alkanes) is 4. The largest absolute Gasteiger partial charge is 0.521 e. The average molecular weight is 365 g/mol. The zero-order valence-corrected chi connectivity index (χ0v) is 14.9. The lowest BCUT2D eigenvalue weighted by Gasteiger charge is -2.09. The summed E-state index contributed by atoms with van der Waals surface area (Å²) in [5, 5.41) is 10.5. The molecular formula is C18H23NO7. The zero-order chi connectivity index (χ0) is 19.5. The van der Waals surface area contributed by atoms with Crippen LogP contribution in [-0.2, 0) is 14.3 Å². The first kappa shape index (κ1) is 21.3. The summed E-state index contributed by atoms with van der Waals surface area (Å²) >= 11 is 0. The maximum absolute atomic E-state index is 11.9. The van der Waals surface area contributed by atoms with E-state index < -0.39 is 23.0 Å². The number of Topliss-reactive ketones (excluding diaryl/α,β-unsaturated/α-hetero) is 1. The molecule has 8 heteroatoms. The number of hydrogen-bond acceptors (Lipinski definition) is 7. The third kappa shape index (κ3) is 7.42. The van der Waals surface area contributed by atoms with Crippen LogP contribution < -0.4 is 4.74 Å². The number of non-ortho nitro benzene ring substituents is 1.